The highest BCUT2D eigenvalue weighted by atomic mass is 127. The highest BCUT2D eigenvalue weighted by Gasteiger charge is 2.05. The maximum Gasteiger partial charge on any atom is 0.0506 e. The van der Waals surface area contributed by atoms with Crippen LogP contribution in [0.1, 0.15) is 0 Å². The normalized spacial score (nSPS) is 23.6. The van der Waals surface area contributed by atoms with Gasteiger partial charge >= 0.3 is 0 Å². The van der Waals surface area contributed by atoms with Crippen LogP contribution in [0.25, 0.3) is 0 Å². The summed E-state index contributed by atoms with van der Waals surface area (Å²) in [4.78, 5) is 2.44. The van der Waals surface area contributed by atoms with Crippen molar-refractivity contribution < 1.29 is 0 Å². The fourth-order valence-corrected chi connectivity index (χ4v) is 1.51. The summed E-state index contributed by atoms with van der Waals surface area (Å²) in [6, 6.07) is 0. The second-order valence-corrected chi connectivity index (χ2v) is 2.67. The Bertz CT molecular complexity index is 61.4. The third kappa shape index (κ3) is 1.87. The molecule has 8 heavy (non-hydrogen) atoms. The van der Waals surface area contributed by atoms with E-state index in [1.807, 2.05) is 0 Å². The van der Waals surface area contributed by atoms with Crippen LogP contribution in [0.15, 0.2) is 0 Å². The zero-order valence-corrected chi connectivity index (χ0v) is 7.02. The largest absolute Gasteiger partial charge is 0.314 e. The number of nitrogens with one attached hydrogen (secondary N) is 1. The summed E-state index contributed by atoms with van der Waals surface area (Å²) in [5.74, 6) is 0. The van der Waals surface area contributed by atoms with Crippen molar-refractivity contribution in [3.63, 3.8) is 0 Å². The van der Waals surface area contributed by atoms with Crippen LogP contribution >= 0.6 is 22.6 Å². The van der Waals surface area contributed by atoms with Gasteiger partial charge in [-0.3, -0.25) is 4.90 Å². The summed E-state index contributed by atoms with van der Waals surface area (Å²) in [6.45, 7) is 4.79. The fraction of sp³-hybridized carbons (Fsp3) is 1.00. The summed E-state index contributed by atoms with van der Waals surface area (Å²) in [5, 5.41) is 3.30. The smallest absolute Gasteiger partial charge is 0.0506 e. The molecule has 3 heteroatoms. The van der Waals surface area contributed by atoms with Gasteiger partial charge in [0.2, 0.25) is 0 Å². The third-order valence-corrected chi connectivity index (χ3v) is 2.34. The van der Waals surface area contributed by atoms with Gasteiger partial charge in [-0.05, 0) is 0 Å². The number of hydrogen-bond donors (Lipinski definition) is 1. The lowest BCUT2D eigenvalue weighted by atomic mass is 10.4. The van der Waals surface area contributed by atoms with Crippen LogP contribution in [0.5, 0.6) is 0 Å². The third-order valence-electron chi connectivity index (χ3n) is 1.38. The molecule has 2 nitrogen and oxygen atoms in total. The van der Waals surface area contributed by atoms with Gasteiger partial charge < -0.3 is 5.32 Å². The van der Waals surface area contributed by atoms with Gasteiger partial charge in [-0.1, -0.05) is 22.6 Å². The van der Waals surface area contributed by atoms with E-state index in [2.05, 4.69) is 32.8 Å². The first kappa shape index (κ1) is 6.77. The second kappa shape index (κ2) is 3.63. The minimum Gasteiger partial charge on any atom is -0.314 e. The fourth-order valence-electron chi connectivity index (χ4n) is 0.831. The molecule has 1 heterocycles. The van der Waals surface area contributed by atoms with Crippen LogP contribution in [0.3, 0.4) is 0 Å². The lowest BCUT2D eigenvalue weighted by molar-refractivity contribution is 0.286. The maximum absolute atomic E-state index is 3.30. The Morgan fingerprint density at radius 2 is 2.00 bits per heavy atom. The van der Waals surface area contributed by atoms with E-state index in [1.54, 1.807) is 0 Å². The van der Waals surface area contributed by atoms with Crippen molar-refractivity contribution >= 4 is 22.6 Å². The van der Waals surface area contributed by atoms with Crippen molar-refractivity contribution in [2.24, 2.45) is 0 Å². The Balaban J connectivity index is 2.13. The molecule has 0 aromatic heterocycles. The van der Waals surface area contributed by atoms with Crippen LogP contribution in [-0.4, -0.2) is 35.6 Å². The number of hydrogen-bond acceptors (Lipinski definition) is 2. The number of halogens is 1. The minimum atomic E-state index is 1.17. The van der Waals surface area contributed by atoms with E-state index in [0.29, 0.717) is 0 Å². The van der Waals surface area contributed by atoms with Gasteiger partial charge in [-0.2, -0.15) is 0 Å². The van der Waals surface area contributed by atoms with Crippen molar-refractivity contribution in [1.82, 2.24) is 10.2 Å². The van der Waals surface area contributed by atoms with Gasteiger partial charge in [0.1, 0.15) is 0 Å². The van der Waals surface area contributed by atoms with E-state index in [0.717, 1.165) is 0 Å². The average molecular weight is 226 g/mol. The second-order valence-electron chi connectivity index (χ2n) is 1.99. The first-order valence-electron chi connectivity index (χ1n) is 2.92. The summed E-state index contributed by atoms with van der Waals surface area (Å²) >= 11 is 2.40. The summed E-state index contributed by atoms with van der Waals surface area (Å²) < 4.78 is 1.18. The number of piperazine rings is 1. The molecule has 0 radical (unpaired) electrons. The van der Waals surface area contributed by atoms with E-state index < -0.39 is 0 Å². The predicted octanol–water partition coefficient (Wildman–Crippen LogP) is 0.284. The van der Waals surface area contributed by atoms with E-state index in [-0.39, 0.29) is 0 Å². The SMILES string of the molecule is ICN1CCNCC1. The van der Waals surface area contributed by atoms with Gasteiger partial charge in [0.15, 0.2) is 0 Å². The zero-order chi connectivity index (χ0) is 5.82. The van der Waals surface area contributed by atoms with Crippen molar-refractivity contribution in [3.05, 3.63) is 0 Å². The van der Waals surface area contributed by atoms with Crippen LogP contribution in [0, 0.1) is 0 Å². The standard InChI is InChI=1S/C5H11IN2/c6-5-8-3-1-7-2-4-8/h7H,1-5H2. The molecule has 0 aromatic rings. The van der Waals surface area contributed by atoms with Crippen LogP contribution in [-0.2, 0) is 0 Å². The van der Waals surface area contributed by atoms with Gasteiger partial charge in [0.05, 0.1) is 4.55 Å². The van der Waals surface area contributed by atoms with E-state index in [1.165, 1.54) is 30.7 Å². The molecule has 1 fully saturated rings. The van der Waals surface area contributed by atoms with Crippen molar-refractivity contribution in [1.29, 1.82) is 0 Å². The molecule has 0 unspecified atom stereocenters. The van der Waals surface area contributed by atoms with Crippen molar-refractivity contribution in [2.75, 3.05) is 30.7 Å². The molecule has 1 rings (SSSR count). The predicted molar refractivity (Wildman–Crippen MR) is 43.3 cm³/mol. The molecular formula is C5H11IN2. The van der Waals surface area contributed by atoms with Crippen LogP contribution in [0.2, 0.25) is 0 Å². The zero-order valence-electron chi connectivity index (χ0n) is 4.86. The molecule has 0 bridgehead atoms. The van der Waals surface area contributed by atoms with Gasteiger partial charge in [-0.25, -0.2) is 0 Å². The number of rotatable bonds is 1. The summed E-state index contributed by atoms with van der Waals surface area (Å²) in [5.41, 5.74) is 0. The molecular weight excluding hydrogens is 215 g/mol. The average Bonchev–Trinajstić information content (AvgIpc) is 1.90. The van der Waals surface area contributed by atoms with Gasteiger partial charge in [0.25, 0.3) is 0 Å². The molecule has 1 saturated heterocycles. The Hall–Kier alpha value is 0.650. The maximum atomic E-state index is 3.30. The number of alkyl halides is 1. The number of nitrogens with zero attached hydrogens (tertiary/aromatic N) is 1. The summed E-state index contributed by atoms with van der Waals surface area (Å²) in [6.07, 6.45) is 0. The summed E-state index contributed by atoms with van der Waals surface area (Å²) in [7, 11) is 0. The Labute approximate surface area is 63.8 Å². The molecule has 0 atom stereocenters. The van der Waals surface area contributed by atoms with Gasteiger partial charge in [0, 0.05) is 26.2 Å². The van der Waals surface area contributed by atoms with Crippen molar-refractivity contribution in [2.45, 2.75) is 0 Å². The minimum absolute atomic E-state index is 1.17. The lowest BCUT2D eigenvalue weighted by Gasteiger charge is -2.24. The van der Waals surface area contributed by atoms with E-state index in [9.17, 15) is 0 Å². The molecule has 0 saturated carbocycles. The first-order valence-corrected chi connectivity index (χ1v) is 4.45. The van der Waals surface area contributed by atoms with E-state index >= 15 is 0 Å². The quantitative estimate of drug-likeness (QED) is 0.392. The first-order chi connectivity index (χ1) is 3.93. The lowest BCUT2D eigenvalue weighted by Crippen LogP contribution is -2.42. The monoisotopic (exact) mass is 226 g/mol. The Morgan fingerprint density at radius 1 is 1.38 bits per heavy atom. The van der Waals surface area contributed by atoms with Crippen LogP contribution in [0.4, 0.5) is 0 Å². The topological polar surface area (TPSA) is 15.3 Å². The van der Waals surface area contributed by atoms with Gasteiger partial charge in [-0.15, -0.1) is 0 Å². The molecule has 0 aliphatic carbocycles. The van der Waals surface area contributed by atoms with E-state index in [4.69, 9.17) is 0 Å². The Morgan fingerprint density at radius 3 is 2.38 bits per heavy atom. The highest BCUT2D eigenvalue weighted by Crippen LogP contribution is 1.94. The highest BCUT2D eigenvalue weighted by molar-refractivity contribution is 14.1. The molecule has 0 amide bonds. The molecule has 0 spiro atoms. The molecule has 0 aromatic carbocycles. The molecule has 1 N–H and O–H groups in total. The molecule has 1 aliphatic heterocycles. The van der Waals surface area contributed by atoms with Crippen molar-refractivity contribution in [3.8, 4) is 0 Å². The molecule has 48 valence electrons. The van der Waals surface area contributed by atoms with Crippen LogP contribution < -0.4 is 5.32 Å². The Kier molecular flexibility index (Phi) is 3.07. The molecule has 1 aliphatic rings.